The number of anilines is 1. The van der Waals surface area contributed by atoms with Crippen LogP contribution in [0.5, 0.6) is 0 Å². The number of nitrogens with one attached hydrogen (secondary N) is 2. The molecular weight excluding hydrogens is 496 g/mol. The summed E-state index contributed by atoms with van der Waals surface area (Å²) in [6, 6.07) is 6.97. The zero-order valence-corrected chi connectivity index (χ0v) is 22.1. The lowest BCUT2D eigenvalue weighted by Crippen LogP contribution is -2.54. The number of benzene rings is 1. The van der Waals surface area contributed by atoms with Gasteiger partial charge < -0.3 is 19.9 Å². The van der Waals surface area contributed by atoms with Gasteiger partial charge in [0.25, 0.3) is 5.91 Å². The Hall–Kier alpha value is -2.95. The average molecular weight is 529 g/mol. The number of nitrogens with zero attached hydrogens (tertiary/aromatic N) is 4. The average Bonchev–Trinajstić information content (AvgIpc) is 3.52. The molecule has 0 aliphatic carbocycles. The van der Waals surface area contributed by atoms with Gasteiger partial charge in [0.1, 0.15) is 6.04 Å². The van der Waals surface area contributed by atoms with Gasteiger partial charge in [-0.2, -0.15) is 5.10 Å². The minimum Gasteiger partial charge on any atom is -0.376 e. The van der Waals surface area contributed by atoms with Crippen molar-refractivity contribution >= 4 is 35.0 Å². The lowest BCUT2D eigenvalue weighted by molar-refractivity contribution is -0.139. The van der Waals surface area contributed by atoms with E-state index in [-0.39, 0.29) is 48.1 Å². The summed E-state index contributed by atoms with van der Waals surface area (Å²) in [5.41, 5.74) is 2.43. The molecule has 4 unspecified atom stereocenters. The smallest absolute Gasteiger partial charge is 0.276 e. The monoisotopic (exact) mass is 528 g/mol. The Kier molecular flexibility index (Phi) is 7.24. The molecule has 10 nitrogen and oxygen atoms in total. The minimum absolute atomic E-state index is 0.0618. The Morgan fingerprint density at radius 3 is 2.68 bits per heavy atom. The normalized spacial score (nSPS) is 26.3. The second-order valence-corrected chi connectivity index (χ2v) is 10.5. The molecule has 2 aromatic rings. The highest BCUT2D eigenvalue weighted by molar-refractivity contribution is 6.34. The fourth-order valence-electron chi connectivity index (χ4n) is 5.58. The molecule has 0 spiro atoms. The molecule has 0 radical (unpaired) electrons. The number of aromatic nitrogens is 2. The number of H-pyrrole nitrogens is 1. The Morgan fingerprint density at radius 2 is 1.97 bits per heavy atom. The molecule has 0 saturated carbocycles. The van der Waals surface area contributed by atoms with E-state index in [4.69, 9.17) is 16.3 Å². The van der Waals surface area contributed by atoms with Crippen LogP contribution in [0.3, 0.4) is 0 Å². The predicted octanol–water partition coefficient (Wildman–Crippen LogP) is 2.33. The van der Waals surface area contributed by atoms with Crippen LogP contribution in [0.4, 0.5) is 5.69 Å². The van der Waals surface area contributed by atoms with Crippen LogP contribution in [0, 0.1) is 5.92 Å². The molecule has 5 rings (SSSR count). The number of aromatic amines is 1. The lowest BCUT2D eigenvalue weighted by Gasteiger charge is -2.40. The Morgan fingerprint density at radius 1 is 1.22 bits per heavy atom. The molecule has 37 heavy (non-hydrogen) atoms. The maximum Gasteiger partial charge on any atom is 0.276 e. The number of ether oxygens (including phenoxy) is 1. The molecule has 198 valence electrons. The van der Waals surface area contributed by atoms with Crippen molar-refractivity contribution in [1.29, 1.82) is 0 Å². The van der Waals surface area contributed by atoms with Gasteiger partial charge in [-0.05, 0) is 44.0 Å². The van der Waals surface area contributed by atoms with Gasteiger partial charge in [-0.25, -0.2) is 0 Å². The Labute approximate surface area is 221 Å². The number of likely N-dealkylation sites (tertiary alicyclic amines) is 1. The summed E-state index contributed by atoms with van der Waals surface area (Å²) in [7, 11) is 3.76. The second kappa shape index (κ2) is 10.4. The summed E-state index contributed by atoms with van der Waals surface area (Å²) in [5, 5.41) is 10.3. The van der Waals surface area contributed by atoms with E-state index >= 15 is 0 Å². The molecular formula is C26H33ClN6O4. The van der Waals surface area contributed by atoms with Gasteiger partial charge in [0.15, 0.2) is 5.69 Å². The number of piperazine rings is 1. The van der Waals surface area contributed by atoms with E-state index in [2.05, 4.69) is 15.5 Å². The number of amides is 3. The molecule has 4 atom stereocenters. The number of fused-ring (bicyclic) bond motifs is 1. The van der Waals surface area contributed by atoms with E-state index in [9.17, 15) is 14.4 Å². The van der Waals surface area contributed by atoms with Crippen molar-refractivity contribution in [3.8, 4) is 0 Å². The number of halogens is 1. The standard InChI is InChI=1S/C26H33ClN6O4/c1-4-18-21(27)22(30-29-18)25(35)33-14-16(13-20-19(33)9-12-37-20)24(34)28-17-7-5-15(6-8-17)23-26(36)32(3)11-10-31(23)2/h5-8,16,19-20,23H,4,9-14H2,1-3H3,(H,28,34)(H,29,30). The van der Waals surface area contributed by atoms with Crippen molar-refractivity contribution in [2.75, 3.05) is 45.7 Å². The molecule has 3 aliphatic heterocycles. The first-order valence-corrected chi connectivity index (χ1v) is 13.2. The zero-order chi connectivity index (χ0) is 26.3. The highest BCUT2D eigenvalue weighted by Crippen LogP contribution is 2.34. The molecule has 11 heteroatoms. The third kappa shape index (κ3) is 4.85. The number of likely N-dealkylation sites (N-methyl/N-ethyl adjacent to an activating group) is 2. The van der Waals surface area contributed by atoms with Crippen LogP contribution in [0.2, 0.25) is 5.02 Å². The third-order valence-corrected chi connectivity index (χ3v) is 8.21. The largest absolute Gasteiger partial charge is 0.376 e. The van der Waals surface area contributed by atoms with Gasteiger partial charge in [-0.1, -0.05) is 30.7 Å². The summed E-state index contributed by atoms with van der Waals surface area (Å²) in [6.45, 7) is 4.26. The molecule has 1 aromatic heterocycles. The SMILES string of the molecule is CCc1[nH]nc(C(=O)N2CC(C(=O)Nc3ccc(C4C(=O)N(C)CCN4C)cc3)CC3OCCC32)c1Cl. The van der Waals surface area contributed by atoms with E-state index < -0.39 is 5.92 Å². The summed E-state index contributed by atoms with van der Waals surface area (Å²) in [5.74, 6) is -0.834. The number of piperidine rings is 1. The van der Waals surface area contributed by atoms with Crippen LogP contribution >= 0.6 is 11.6 Å². The molecule has 0 bridgehead atoms. The molecule has 1 aromatic carbocycles. The van der Waals surface area contributed by atoms with Crippen LogP contribution in [0.15, 0.2) is 24.3 Å². The van der Waals surface area contributed by atoms with E-state index in [0.29, 0.717) is 42.4 Å². The number of aryl methyl sites for hydroxylation is 1. The topological polar surface area (TPSA) is 111 Å². The summed E-state index contributed by atoms with van der Waals surface area (Å²) in [6.07, 6.45) is 1.70. The Bertz CT molecular complexity index is 1180. The predicted molar refractivity (Wildman–Crippen MR) is 138 cm³/mol. The van der Waals surface area contributed by atoms with Gasteiger partial charge in [0.05, 0.1) is 28.8 Å². The van der Waals surface area contributed by atoms with Crippen LogP contribution in [-0.4, -0.2) is 95.1 Å². The molecule has 3 fully saturated rings. The van der Waals surface area contributed by atoms with Crippen molar-refractivity contribution in [3.63, 3.8) is 0 Å². The lowest BCUT2D eigenvalue weighted by atomic mass is 9.89. The number of carbonyl (C=O) groups excluding carboxylic acids is 3. The maximum absolute atomic E-state index is 13.4. The van der Waals surface area contributed by atoms with Gasteiger partial charge in [-0.15, -0.1) is 0 Å². The number of hydrogen-bond donors (Lipinski definition) is 2. The van der Waals surface area contributed by atoms with Crippen molar-refractivity contribution < 1.29 is 19.1 Å². The first-order valence-electron chi connectivity index (χ1n) is 12.8. The van der Waals surface area contributed by atoms with Crippen molar-refractivity contribution in [1.82, 2.24) is 24.9 Å². The van der Waals surface area contributed by atoms with Crippen molar-refractivity contribution in [2.24, 2.45) is 5.92 Å². The molecule has 4 heterocycles. The van der Waals surface area contributed by atoms with Crippen LogP contribution in [0.1, 0.15) is 47.6 Å². The third-order valence-electron chi connectivity index (χ3n) is 7.81. The van der Waals surface area contributed by atoms with Crippen LogP contribution in [0.25, 0.3) is 0 Å². The van der Waals surface area contributed by atoms with Gasteiger partial charge in [-0.3, -0.25) is 24.4 Å². The number of carbonyl (C=O) groups is 3. The zero-order valence-electron chi connectivity index (χ0n) is 21.4. The van der Waals surface area contributed by atoms with Crippen LogP contribution in [-0.2, 0) is 20.7 Å². The molecule has 3 saturated heterocycles. The highest BCUT2D eigenvalue weighted by Gasteiger charge is 2.45. The quantitative estimate of drug-likeness (QED) is 0.616. The fourth-order valence-corrected chi connectivity index (χ4v) is 5.88. The highest BCUT2D eigenvalue weighted by atomic mass is 35.5. The van der Waals surface area contributed by atoms with E-state index in [1.54, 1.807) is 9.80 Å². The maximum atomic E-state index is 13.4. The minimum atomic E-state index is -0.439. The summed E-state index contributed by atoms with van der Waals surface area (Å²) >= 11 is 6.40. The van der Waals surface area contributed by atoms with E-state index in [1.807, 2.05) is 50.2 Å². The molecule has 2 N–H and O–H groups in total. The first kappa shape index (κ1) is 25.7. The molecule has 3 aliphatic rings. The van der Waals surface area contributed by atoms with Gasteiger partial charge in [0, 0.05) is 39.0 Å². The number of rotatable bonds is 5. The second-order valence-electron chi connectivity index (χ2n) is 10.1. The van der Waals surface area contributed by atoms with Crippen molar-refractivity contribution in [2.45, 2.75) is 44.4 Å². The van der Waals surface area contributed by atoms with Gasteiger partial charge >= 0.3 is 0 Å². The summed E-state index contributed by atoms with van der Waals surface area (Å²) < 4.78 is 5.90. The number of hydrogen-bond acceptors (Lipinski definition) is 6. The Balaban J connectivity index is 1.29. The van der Waals surface area contributed by atoms with E-state index in [1.165, 1.54) is 0 Å². The first-order chi connectivity index (χ1) is 17.8. The summed E-state index contributed by atoms with van der Waals surface area (Å²) in [4.78, 5) is 44.9. The fraction of sp³-hybridized carbons (Fsp3) is 0.538. The van der Waals surface area contributed by atoms with Crippen LogP contribution < -0.4 is 5.32 Å². The van der Waals surface area contributed by atoms with Gasteiger partial charge in [0.2, 0.25) is 11.8 Å². The van der Waals surface area contributed by atoms with Crippen molar-refractivity contribution in [3.05, 3.63) is 46.2 Å². The van der Waals surface area contributed by atoms with E-state index in [0.717, 1.165) is 18.5 Å². The molecule has 3 amide bonds.